The zero-order chi connectivity index (χ0) is 2.00. The van der Waals surface area contributed by atoms with Crippen molar-refractivity contribution < 1.29 is 23.3 Å². The minimum Gasteiger partial charge on any atom is 0 e. The Bertz CT molecular complexity index is 8.00. The molecule has 4 heavy (non-hydrogen) atoms. The van der Waals surface area contributed by atoms with Crippen molar-refractivity contribution in [1.82, 2.24) is 0 Å². The molecule has 13 valence electrons. The van der Waals surface area contributed by atoms with Crippen molar-refractivity contribution in [2.75, 3.05) is 0 Å². The molecule has 0 aliphatic heterocycles. The van der Waals surface area contributed by atoms with Gasteiger partial charge in [0, 0.05) is 49.0 Å². The normalized spacial score (nSPS) is 1.00. The quantitative estimate of drug-likeness (QED) is 0.439. The first kappa shape index (κ1) is 16.7. The third kappa shape index (κ3) is 9.03. The van der Waals surface area contributed by atoms with Crippen LogP contribution in [-0.4, -0.2) is 46.0 Å². The molecule has 1 nitrogen and oxygen atoms in total. The van der Waals surface area contributed by atoms with Crippen LogP contribution in [0.4, 0.5) is 0 Å². The Labute approximate surface area is 68.4 Å². The van der Waals surface area contributed by atoms with Gasteiger partial charge in [-0.05, 0) is 0 Å². The second kappa shape index (κ2) is 20.2. The van der Waals surface area contributed by atoms with Crippen molar-refractivity contribution in [1.29, 1.82) is 0 Å². The maximum atomic E-state index is 8.25. The molecule has 0 aromatic carbocycles. The number of rotatable bonds is 0. The van der Waals surface area contributed by atoms with Gasteiger partial charge in [-0.2, -0.15) is 0 Å². The van der Waals surface area contributed by atoms with Gasteiger partial charge in [-0.15, -0.1) is 0 Å². The Kier molecular flexibility index (Phi) is 84.5. The Morgan fingerprint density at radius 1 is 1.25 bits per heavy atom. The Balaban J connectivity index is -0.00000000500. The fourth-order valence-electron chi connectivity index (χ4n) is 0. The van der Waals surface area contributed by atoms with Gasteiger partial charge < -0.3 is 0 Å². The van der Waals surface area contributed by atoms with Crippen LogP contribution >= 0.6 is 0 Å². The van der Waals surface area contributed by atoms with Gasteiger partial charge in [-0.1, -0.05) is 0 Å². The van der Waals surface area contributed by atoms with Crippen LogP contribution in [0.25, 0.3) is 0 Å². The average molecular weight is 177 g/mol. The van der Waals surface area contributed by atoms with Crippen molar-refractivity contribution in [3.8, 4) is 0 Å². The largest absolute Gasteiger partial charge is 0 e. The van der Waals surface area contributed by atoms with E-state index in [9.17, 15) is 0 Å². The van der Waals surface area contributed by atoms with Crippen LogP contribution in [0.15, 0.2) is 0 Å². The monoisotopic (exact) mass is 177 g/mol. The molecule has 0 atom stereocenters. The van der Waals surface area contributed by atoms with Gasteiger partial charge in [0.05, 0.1) is 0 Å². The van der Waals surface area contributed by atoms with Crippen molar-refractivity contribution in [3.05, 3.63) is 0 Å². The summed E-state index contributed by atoms with van der Waals surface area (Å²) in [4.78, 5) is 0. The summed E-state index contributed by atoms with van der Waals surface area (Å²) in [5, 5.41) is 0. The van der Waals surface area contributed by atoms with Crippen molar-refractivity contribution in [2.45, 2.75) is 0 Å². The minimum atomic E-state index is 0. The van der Waals surface area contributed by atoms with Crippen LogP contribution in [0, 0.1) is 0 Å². The van der Waals surface area contributed by atoms with Crippen LogP contribution in [-0.2, 0) is 23.3 Å². The summed E-state index contributed by atoms with van der Waals surface area (Å²) in [6, 6.07) is 0. The summed E-state index contributed by atoms with van der Waals surface area (Å²) in [7, 11) is 0. The molecule has 0 N–H and O–H groups in total. The first-order valence-corrected chi connectivity index (χ1v) is 1.06. The molecular formula is GeNaOZn. The summed E-state index contributed by atoms with van der Waals surface area (Å²) >= 11 is 0.750. The predicted octanol–water partition coefficient (Wildman–Crippen LogP) is -0.883. The van der Waals surface area contributed by atoms with E-state index in [1.54, 1.807) is 0 Å². The van der Waals surface area contributed by atoms with Gasteiger partial charge in [0.2, 0.25) is 0 Å². The van der Waals surface area contributed by atoms with Gasteiger partial charge in [0.25, 0.3) is 0 Å². The van der Waals surface area contributed by atoms with Crippen molar-refractivity contribution in [3.63, 3.8) is 0 Å². The standard InChI is InChI=1S/GeO.Na.Zn/c1-2;;. The molecule has 0 unspecified atom stereocenters. The van der Waals surface area contributed by atoms with E-state index in [-0.39, 0.29) is 49.0 Å². The van der Waals surface area contributed by atoms with E-state index in [0.717, 1.165) is 16.5 Å². The molecule has 4 heteroatoms. The van der Waals surface area contributed by atoms with Gasteiger partial charge >= 0.3 is 20.2 Å². The number of hydrogen-bond donors (Lipinski definition) is 0. The summed E-state index contributed by atoms with van der Waals surface area (Å²) in [6.07, 6.45) is 0. The molecule has 0 saturated carbocycles. The van der Waals surface area contributed by atoms with E-state index in [2.05, 4.69) is 0 Å². The van der Waals surface area contributed by atoms with E-state index >= 15 is 0 Å². The molecule has 0 aliphatic rings. The minimum absolute atomic E-state index is 0. The van der Waals surface area contributed by atoms with E-state index in [0.29, 0.717) is 0 Å². The Hall–Kier alpha value is 1.97. The Morgan fingerprint density at radius 3 is 1.25 bits per heavy atom. The summed E-state index contributed by atoms with van der Waals surface area (Å²) in [5.41, 5.74) is 0. The molecule has 0 saturated heterocycles. The average Bonchev–Trinajstić information content (AvgIpc) is 1.00. The van der Waals surface area contributed by atoms with E-state index in [1.807, 2.05) is 0 Å². The first-order chi connectivity index (χ1) is 1.00. The molecule has 0 aromatic heterocycles. The van der Waals surface area contributed by atoms with E-state index < -0.39 is 0 Å². The summed E-state index contributed by atoms with van der Waals surface area (Å²) < 4.78 is 8.25. The van der Waals surface area contributed by atoms with E-state index in [4.69, 9.17) is 3.78 Å². The van der Waals surface area contributed by atoms with Crippen LogP contribution in [0.2, 0.25) is 0 Å². The molecular weight excluding hydrogens is 177 g/mol. The maximum Gasteiger partial charge on any atom is 0 e. The zero-order valence-corrected chi connectivity index (χ0v) is 9.68. The molecule has 0 heterocycles. The third-order valence-corrected chi connectivity index (χ3v) is 0. The van der Waals surface area contributed by atoms with Gasteiger partial charge in [-0.3, -0.25) is 0 Å². The second-order valence-electron chi connectivity index (χ2n) is 0. The van der Waals surface area contributed by atoms with Crippen molar-refractivity contribution >= 4 is 46.0 Å². The molecule has 3 radical (unpaired) electrons. The molecule has 0 bridgehead atoms. The fourth-order valence-corrected chi connectivity index (χ4v) is 0. The molecule has 0 amide bonds. The zero-order valence-electron chi connectivity index (χ0n) is 2.62. The topological polar surface area (TPSA) is 17.1 Å². The summed E-state index contributed by atoms with van der Waals surface area (Å²) in [6.45, 7) is 0. The number of hydrogen-bond acceptors (Lipinski definition) is 1. The van der Waals surface area contributed by atoms with Gasteiger partial charge in [-0.25, -0.2) is 0 Å². The molecule has 0 aliphatic carbocycles. The molecule has 0 aromatic rings. The smallest absolute Gasteiger partial charge is 0 e. The molecule has 0 fully saturated rings. The first-order valence-electron chi connectivity index (χ1n) is 0.204. The predicted molar refractivity (Wildman–Crippen MR) is 12.2 cm³/mol. The Morgan fingerprint density at radius 2 is 1.25 bits per heavy atom. The van der Waals surface area contributed by atoms with Crippen LogP contribution in [0.5, 0.6) is 0 Å². The van der Waals surface area contributed by atoms with E-state index in [1.165, 1.54) is 0 Å². The van der Waals surface area contributed by atoms with Crippen LogP contribution < -0.4 is 0 Å². The SMILES string of the molecule is [Na].[O]=[Ge].[Zn]. The van der Waals surface area contributed by atoms with Gasteiger partial charge in [0.1, 0.15) is 0 Å². The van der Waals surface area contributed by atoms with Crippen molar-refractivity contribution in [2.24, 2.45) is 0 Å². The van der Waals surface area contributed by atoms with Crippen LogP contribution in [0.1, 0.15) is 0 Å². The second-order valence-corrected chi connectivity index (χ2v) is 0. The maximum absolute atomic E-state index is 8.25. The van der Waals surface area contributed by atoms with Gasteiger partial charge in [0.15, 0.2) is 0 Å². The molecule has 0 spiro atoms. The summed E-state index contributed by atoms with van der Waals surface area (Å²) in [5.74, 6) is 0. The van der Waals surface area contributed by atoms with Crippen LogP contribution in [0.3, 0.4) is 0 Å². The molecule has 0 rings (SSSR count). The fraction of sp³-hybridized carbons (Fsp3) is 0. The third-order valence-electron chi connectivity index (χ3n) is 0.